The summed E-state index contributed by atoms with van der Waals surface area (Å²) in [5.74, 6) is 0. The van der Waals surface area contributed by atoms with Crippen LogP contribution in [0.5, 0.6) is 0 Å². The van der Waals surface area contributed by atoms with Gasteiger partial charge < -0.3 is 9.84 Å². The molecule has 2 atom stereocenters. The van der Waals surface area contributed by atoms with Gasteiger partial charge in [-0.3, -0.25) is 4.90 Å². The standard InChI is InChI=1S/C17H27NO2/c1-3-16(17(19)14-8-6-5-7-9-14)18-12-10-15(11-13-18)20-4-2/h5-9,15-17,19H,3-4,10-13H2,1-2H3. The molecule has 1 aromatic rings. The molecule has 0 aliphatic carbocycles. The van der Waals surface area contributed by atoms with Crippen LogP contribution in [-0.4, -0.2) is 41.8 Å². The average molecular weight is 277 g/mol. The number of rotatable bonds is 6. The van der Waals surface area contributed by atoms with Crippen LogP contribution in [0.2, 0.25) is 0 Å². The Labute approximate surface area is 122 Å². The monoisotopic (exact) mass is 277 g/mol. The van der Waals surface area contributed by atoms with E-state index >= 15 is 0 Å². The molecule has 0 spiro atoms. The van der Waals surface area contributed by atoms with Crippen LogP contribution in [0, 0.1) is 0 Å². The topological polar surface area (TPSA) is 32.7 Å². The Morgan fingerprint density at radius 2 is 1.85 bits per heavy atom. The van der Waals surface area contributed by atoms with Crippen molar-refractivity contribution in [3.8, 4) is 0 Å². The molecule has 0 amide bonds. The first-order valence-corrected chi connectivity index (χ1v) is 7.84. The van der Waals surface area contributed by atoms with Crippen molar-refractivity contribution in [2.24, 2.45) is 0 Å². The first kappa shape index (κ1) is 15.5. The number of piperidine rings is 1. The molecule has 2 unspecified atom stereocenters. The Hall–Kier alpha value is -0.900. The predicted octanol–water partition coefficient (Wildman–Crippen LogP) is 3.00. The fraction of sp³-hybridized carbons (Fsp3) is 0.647. The van der Waals surface area contributed by atoms with Crippen molar-refractivity contribution in [2.45, 2.75) is 51.4 Å². The summed E-state index contributed by atoms with van der Waals surface area (Å²) >= 11 is 0. The Kier molecular flexibility index (Phi) is 6.02. The SMILES string of the molecule is CCOC1CCN(C(CC)C(O)c2ccccc2)CC1. The van der Waals surface area contributed by atoms with Crippen molar-refractivity contribution in [1.29, 1.82) is 0 Å². The highest BCUT2D eigenvalue weighted by Crippen LogP contribution is 2.26. The van der Waals surface area contributed by atoms with Gasteiger partial charge in [-0.25, -0.2) is 0 Å². The molecule has 1 aromatic carbocycles. The van der Waals surface area contributed by atoms with E-state index in [9.17, 15) is 5.11 Å². The molecule has 1 aliphatic rings. The van der Waals surface area contributed by atoms with Gasteiger partial charge in [0.1, 0.15) is 0 Å². The average Bonchev–Trinajstić information content (AvgIpc) is 2.51. The second kappa shape index (κ2) is 7.77. The fourth-order valence-electron chi connectivity index (χ4n) is 3.16. The van der Waals surface area contributed by atoms with Crippen LogP contribution >= 0.6 is 0 Å². The molecule has 1 aliphatic heterocycles. The molecule has 1 N–H and O–H groups in total. The summed E-state index contributed by atoms with van der Waals surface area (Å²) in [6.07, 6.45) is 3.13. The van der Waals surface area contributed by atoms with Gasteiger partial charge in [0.2, 0.25) is 0 Å². The first-order valence-electron chi connectivity index (χ1n) is 7.84. The number of aliphatic hydroxyl groups is 1. The van der Waals surface area contributed by atoms with Crippen molar-refractivity contribution >= 4 is 0 Å². The van der Waals surface area contributed by atoms with E-state index in [0.717, 1.165) is 44.5 Å². The van der Waals surface area contributed by atoms with Gasteiger partial charge in [-0.15, -0.1) is 0 Å². The zero-order chi connectivity index (χ0) is 14.4. The van der Waals surface area contributed by atoms with E-state index in [1.165, 1.54) is 0 Å². The molecule has 1 fully saturated rings. The lowest BCUT2D eigenvalue weighted by Gasteiger charge is -2.39. The van der Waals surface area contributed by atoms with E-state index in [-0.39, 0.29) is 6.04 Å². The van der Waals surface area contributed by atoms with Gasteiger partial charge in [0.15, 0.2) is 0 Å². The van der Waals surface area contributed by atoms with Crippen LogP contribution in [0.25, 0.3) is 0 Å². The number of likely N-dealkylation sites (tertiary alicyclic amines) is 1. The Morgan fingerprint density at radius 1 is 1.20 bits per heavy atom. The summed E-state index contributed by atoms with van der Waals surface area (Å²) in [6.45, 7) is 7.06. The van der Waals surface area contributed by atoms with Crippen LogP contribution in [0.15, 0.2) is 30.3 Å². The minimum atomic E-state index is -0.398. The number of benzene rings is 1. The van der Waals surface area contributed by atoms with E-state index in [2.05, 4.69) is 18.7 Å². The molecule has 3 nitrogen and oxygen atoms in total. The van der Waals surface area contributed by atoms with Gasteiger partial charge in [-0.2, -0.15) is 0 Å². The maximum Gasteiger partial charge on any atom is 0.0945 e. The summed E-state index contributed by atoms with van der Waals surface area (Å²) in [6, 6.07) is 10.2. The highest BCUT2D eigenvalue weighted by molar-refractivity contribution is 5.19. The molecule has 112 valence electrons. The van der Waals surface area contributed by atoms with Crippen LogP contribution < -0.4 is 0 Å². The summed E-state index contributed by atoms with van der Waals surface area (Å²) in [7, 11) is 0. The van der Waals surface area contributed by atoms with Crippen LogP contribution in [0.3, 0.4) is 0 Å². The number of hydrogen-bond acceptors (Lipinski definition) is 3. The van der Waals surface area contributed by atoms with Crippen LogP contribution in [0.1, 0.15) is 44.8 Å². The van der Waals surface area contributed by atoms with Gasteiger partial charge in [0.05, 0.1) is 12.2 Å². The molecule has 0 saturated carbocycles. The number of hydrogen-bond donors (Lipinski definition) is 1. The summed E-state index contributed by atoms with van der Waals surface area (Å²) in [5.41, 5.74) is 1.02. The van der Waals surface area contributed by atoms with E-state index < -0.39 is 6.10 Å². The van der Waals surface area contributed by atoms with Crippen molar-refractivity contribution in [3.05, 3.63) is 35.9 Å². The zero-order valence-corrected chi connectivity index (χ0v) is 12.7. The fourth-order valence-corrected chi connectivity index (χ4v) is 3.16. The highest BCUT2D eigenvalue weighted by atomic mass is 16.5. The second-order valence-electron chi connectivity index (χ2n) is 5.52. The number of aliphatic hydroxyl groups excluding tert-OH is 1. The maximum atomic E-state index is 10.6. The minimum absolute atomic E-state index is 0.208. The van der Waals surface area contributed by atoms with Gasteiger partial charge in [0, 0.05) is 25.7 Å². The molecule has 0 aromatic heterocycles. The third kappa shape index (κ3) is 3.81. The van der Waals surface area contributed by atoms with E-state index in [1.54, 1.807) is 0 Å². The smallest absolute Gasteiger partial charge is 0.0945 e. The molecule has 3 heteroatoms. The molecule has 1 heterocycles. The maximum absolute atomic E-state index is 10.6. The Bertz CT molecular complexity index is 374. The lowest BCUT2D eigenvalue weighted by Crippen LogP contribution is -2.45. The summed E-state index contributed by atoms with van der Waals surface area (Å²) < 4.78 is 5.70. The Morgan fingerprint density at radius 3 is 2.40 bits per heavy atom. The van der Waals surface area contributed by atoms with Gasteiger partial charge in [-0.05, 0) is 31.7 Å². The zero-order valence-electron chi connectivity index (χ0n) is 12.7. The quantitative estimate of drug-likeness (QED) is 0.867. The summed E-state index contributed by atoms with van der Waals surface area (Å²) in [4.78, 5) is 2.42. The normalized spacial score (nSPS) is 20.8. The summed E-state index contributed by atoms with van der Waals surface area (Å²) in [5, 5.41) is 10.6. The molecular weight excluding hydrogens is 250 g/mol. The third-order valence-corrected chi connectivity index (χ3v) is 4.27. The van der Waals surface area contributed by atoms with Crippen molar-refractivity contribution in [2.75, 3.05) is 19.7 Å². The third-order valence-electron chi connectivity index (χ3n) is 4.27. The largest absolute Gasteiger partial charge is 0.387 e. The molecule has 2 rings (SSSR count). The molecule has 1 saturated heterocycles. The van der Waals surface area contributed by atoms with Crippen molar-refractivity contribution < 1.29 is 9.84 Å². The Balaban J connectivity index is 1.95. The van der Waals surface area contributed by atoms with Gasteiger partial charge >= 0.3 is 0 Å². The molecule has 0 bridgehead atoms. The van der Waals surface area contributed by atoms with E-state index in [1.807, 2.05) is 30.3 Å². The number of ether oxygens (including phenoxy) is 1. The minimum Gasteiger partial charge on any atom is -0.387 e. The molecular formula is C17H27NO2. The van der Waals surface area contributed by atoms with Gasteiger partial charge in [0.25, 0.3) is 0 Å². The van der Waals surface area contributed by atoms with Crippen LogP contribution in [-0.2, 0) is 4.74 Å². The predicted molar refractivity (Wildman–Crippen MR) is 81.7 cm³/mol. The lowest BCUT2D eigenvalue weighted by molar-refractivity contribution is -0.0217. The molecule has 20 heavy (non-hydrogen) atoms. The van der Waals surface area contributed by atoms with Crippen molar-refractivity contribution in [3.63, 3.8) is 0 Å². The number of nitrogens with zero attached hydrogens (tertiary/aromatic N) is 1. The van der Waals surface area contributed by atoms with E-state index in [0.29, 0.717) is 6.10 Å². The van der Waals surface area contributed by atoms with Crippen LogP contribution in [0.4, 0.5) is 0 Å². The first-order chi connectivity index (χ1) is 9.76. The van der Waals surface area contributed by atoms with E-state index in [4.69, 9.17) is 4.74 Å². The lowest BCUT2D eigenvalue weighted by atomic mass is 9.96. The molecule has 0 radical (unpaired) electrons. The second-order valence-corrected chi connectivity index (χ2v) is 5.52. The van der Waals surface area contributed by atoms with Gasteiger partial charge in [-0.1, -0.05) is 37.3 Å². The highest BCUT2D eigenvalue weighted by Gasteiger charge is 2.29. The van der Waals surface area contributed by atoms with Crippen molar-refractivity contribution in [1.82, 2.24) is 4.90 Å².